The van der Waals surface area contributed by atoms with Gasteiger partial charge in [-0.25, -0.2) is 0 Å². The molecule has 0 heterocycles. The Bertz CT molecular complexity index is 381. The van der Waals surface area contributed by atoms with Crippen LogP contribution in [-0.4, -0.2) is 18.3 Å². The van der Waals surface area contributed by atoms with Crippen LogP contribution in [0.4, 0.5) is 0 Å². The van der Waals surface area contributed by atoms with Crippen LogP contribution in [0.3, 0.4) is 0 Å². The van der Waals surface area contributed by atoms with Crippen molar-refractivity contribution in [1.82, 2.24) is 0 Å². The molecule has 0 spiro atoms. The Morgan fingerprint density at radius 3 is 2.72 bits per heavy atom. The highest BCUT2D eigenvalue weighted by Gasteiger charge is 2.22. The molecule has 0 unspecified atom stereocenters. The Kier molecular flexibility index (Phi) is 4.65. The van der Waals surface area contributed by atoms with E-state index < -0.39 is 0 Å². The van der Waals surface area contributed by atoms with E-state index >= 15 is 0 Å². The third-order valence-electron chi connectivity index (χ3n) is 3.61. The van der Waals surface area contributed by atoms with Crippen LogP contribution in [0, 0.1) is 5.92 Å². The topological polar surface area (TPSA) is 29.5 Å². The second kappa shape index (κ2) is 6.24. The van der Waals surface area contributed by atoms with E-state index in [1.54, 1.807) is 0 Å². The highest BCUT2D eigenvalue weighted by Crippen LogP contribution is 2.36. The van der Waals surface area contributed by atoms with Crippen molar-refractivity contribution in [2.75, 3.05) is 13.2 Å². The van der Waals surface area contributed by atoms with Crippen LogP contribution in [0.15, 0.2) is 18.2 Å². The number of aryl methyl sites for hydroxylation is 1. The first-order valence-electron chi connectivity index (χ1n) is 7.07. The summed E-state index contributed by atoms with van der Waals surface area (Å²) >= 11 is 0. The molecule has 1 aromatic carbocycles. The Morgan fingerprint density at radius 1 is 1.33 bits per heavy atom. The molecule has 0 bridgehead atoms. The van der Waals surface area contributed by atoms with E-state index in [0.717, 1.165) is 18.1 Å². The monoisotopic (exact) mass is 248 g/mol. The van der Waals surface area contributed by atoms with Crippen molar-refractivity contribution in [3.05, 3.63) is 29.3 Å². The van der Waals surface area contributed by atoms with E-state index in [2.05, 4.69) is 32.0 Å². The van der Waals surface area contributed by atoms with Gasteiger partial charge in [-0.1, -0.05) is 44.9 Å². The van der Waals surface area contributed by atoms with Gasteiger partial charge in [-0.2, -0.15) is 0 Å². The number of benzene rings is 1. The minimum atomic E-state index is 0.0779. The van der Waals surface area contributed by atoms with E-state index in [9.17, 15) is 0 Å². The molecular weight excluding hydrogens is 224 g/mol. The lowest BCUT2D eigenvalue weighted by Gasteiger charge is -2.17. The van der Waals surface area contributed by atoms with Crippen LogP contribution < -0.4 is 4.74 Å². The molecule has 100 valence electrons. The molecule has 1 N–H and O–H groups in total. The van der Waals surface area contributed by atoms with Gasteiger partial charge in [0.15, 0.2) is 0 Å². The lowest BCUT2D eigenvalue weighted by atomic mass is 9.96. The average molecular weight is 248 g/mol. The summed E-state index contributed by atoms with van der Waals surface area (Å²) in [7, 11) is 0. The van der Waals surface area contributed by atoms with Crippen molar-refractivity contribution in [1.29, 1.82) is 0 Å². The van der Waals surface area contributed by atoms with Gasteiger partial charge in [-0.3, -0.25) is 0 Å². The molecule has 0 atom stereocenters. The lowest BCUT2D eigenvalue weighted by molar-refractivity contribution is 0.198. The Labute approximate surface area is 110 Å². The molecule has 1 fully saturated rings. The molecule has 2 heteroatoms. The molecule has 2 rings (SSSR count). The molecule has 0 aromatic heterocycles. The highest BCUT2D eigenvalue weighted by molar-refractivity contribution is 5.43. The van der Waals surface area contributed by atoms with Crippen LogP contribution in [0.5, 0.6) is 5.75 Å². The van der Waals surface area contributed by atoms with Crippen LogP contribution >= 0.6 is 0 Å². The SMILES string of the molecule is CC(C)c1cccc(CCC2CC2)c1OCCO. The van der Waals surface area contributed by atoms with Crippen molar-refractivity contribution in [3.8, 4) is 5.75 Å². The number of hydrogen-bond acceptors (Lipinski definition) is 2. The molecule has 1 saturated carbocycles. The first-order valence-corrected chi connectivity index (χ1v) is 7.07. The second-order valence-electron chi connectivity index (χ2n) is 5.54. The number of hydrogen-bond donors (Lipinski definition) is 1. The van der Waals surface area contributed by atoms with Crippen LogP contribution in [0.2, 0.25) is 0 Å². The third-order valence-corrected chi connectivity index (χ3v) is 3.61. The van der Waals surface area contributed by atoms with Crippen molar-refractivity contribution in [2.24, 2.45) is 5.92 Å². The quantitative estimate of drug-likeness (QED) is 0.800. The average Bonchev–Trinajstić information content (AvgIpc) is 3.17. The Hall–Kier alpha value is -1.02. The van der Waals surface area contributed by atoms with Crippen molar-refractivity contribution in [3.63, 3.8) is 0 Å². The second-order valence-corrected chi connectivity index (χ2v) is 5.54. The summed E-state index contributed by atoms with van der Waals surface area (Å²) in [5.41, 5.74) is 2.57. The van der Waals surface area contributed by atoms with E-state index in [1.165, 1.54) is 30.4 Å². The maximum absolute atomic E-state index is 8.95. The fourth-order valence-electron chi connectivity index (χ4n) is 2.35. The molecule has 2 nitrogen and oxygen atoms in total. The number of ether oxygens (including phenoxy) is 1. The van der Waals surface area contributed by atoms with Crippen LogP contribution in [0.1, 0.15) is 50.2 Å². The number of rotatable bonds is 7. The van der Waals surface area contributed by atoms with Gasteiger partial charge in [0, 0.05) is 0 Å². The molecule has 1 aromatic rings. The van der Waals surface area contributed by atoms with Gasteiger partial charge in [0.1, 0.15) is 12.4 Å². The molecule has 0 saturated heterocycles. The van der Waals surface area contributed by atoms with E-state index in [-0.39, 0.29) is 6.61 Å². The maximum atomic E-state index is 8.95. The molecule has 0 radical (unpaired) electrons. The number of aliphatic hydroxyl groups excluding tert-OH is 1. The van der Waals surface area contributed by atoms with E-state index in [4.69, 9.17) is 9.84 Å². The highest BCUT2D eigenvalue weighted by atomic mass is 16.5. The smallest absolute Gasteiger partial charge is 0.126 e. The first kappa shape index (κ1) is 13.4. The van der Waals surface area contributed by atoms with Crippen LogP contribution in [-0.2, 0) is 6.42 Å². The van der Waals surface area contributed by atoms with Gasteiger partial charge in [0.25, 0.3) is 0 Å². The normalized spacial score (nSPS) is 15.1. The molecule has 0 aliphatic heterocycles. The van der Waals surface area contributed by atoms with Gasteiger partial charge in [-0.15, -0.1) is 0 Å². The summed E-state index contributed by atoms with van der Waals surface area (Å²) in [5.74, 6) is 2.42. The summed E-state index contributed by atoms with van der Waals surface area (Å²) in [6.45, 7) is 4.84. The van der Waals surface area contributed by atoms with Crippen LogP contribution in [0.25, 0.3) is 0 Å². The molecule has 1 aliphatic rings. The zero-order valence-corrected chi connectivity index (χ0v) is 11.5. The third kappa shape index (κ3) is 3.49. The van der Waals surface area contributed by atoms with Gasteiger partial charge >= 0.3 is 0 Å². The molecule has 0 amide bonds. The minimum Gasteiger partial charge on any atom is -0.491 e. The summed E-state index contributed by atoms with van der Waals surface area (Å²) in [6.07, 6.45) is 5.18. The fourth-order valence-corrected chi connectivity index (χ4v) is 2.35. The molecule has 1 aliphatic carbocycles. The van der Waals surface area contributed by atoms with Gasteiger partial charge in [-0.05, 0) is 35.8 Å². The Balaban J connectivity index is 2.15. The zero-order valence-electron chi connectivity index (χ0n) is 11.5. The van der Waals surface area contributed by atoms with E-state index in [1.807, 2.05) is 0 Å². The van der Waals surface area contributed by atoms with Gasteiger partial charge in [0.2, 0.25) is 0 Å². The number of para-hydroxylation sites is 1. The maximum Gasteiger partial charge on any atom is 0.126 e. The summed E-state index contributed by atoms with van der Waals surface area (Å²) < 4.78 is 5.78. The molecular formula is C16H24O2. The molecule has 18 heavy (non-hydrogen) atoms. The predicted octanol–water partition coefficient (Wildman–Crippen LogP) is 3.52. The predicted molar refractivity (Wildman–Crippen MR) is 74.2 cm³/mol. The van der Waals surface area contributed by atoms with Crippen molar-refractivity contribution >= 4 is 0 Å². The summed E-state index contributed by atoms with van der Waals surface area (Å²) in [5, 5.41) is 8.95. The van der Waals surface area contributed by atoms with Gasteiger partial charge < -0.3 is 9.84 Å². The zero-order chi connectivity index (χ0) is 13.0. The minimum absolute atomic E-state index is 0.0779. The van der Waals surface area contributed by atoms with E-state index in [0.29, 0.717) is 12.5 Å². The first-order chi connectivity index (χ1) is 8.72. The van der Waals surface area contributed by atoms with Gasteiger partial charge in [0.05, 0.1) is 6.61 Å². The fraction of sp³-hybridized carbons (Fsp3) is 0.625. The van der Waals surface area contributed by atoms with Crippen molar-refractivity contribution in [2.45, 2.75) is 45.4 Å². The standard InChI is InChI=1S/C16H24O2/c1-12(2)15-5-3-4-14(9-8-13-6-7-13)16(15)18-11-10-17/h3-5,12-13,17H,6-11H2,1-2H3. The summed E-state index contributed by atoms with van der Waals surface area (Å²) in [6, 6.07) is 6.43. The number of aliphatic hydroxyl groups is 1. The van der Waals surface area contributed by atoms with Crippen molar-refractivity contribution < 1.29 is 9.84 Å². The largest absolute Gasteiger partial charge is 0.491 e. The lowest BCUT2D eigenvalue weighted by Crippen LogP contribution is -2.07. The Morgan fingerprint density at radius 2 is 2.11 bits per heavy atom. The summed E-state index contributed by atoms with van der Waals surface area (Å²) in [4.78, 5) is 0.